The number of hydrogen-bond acceptors (Lipinski definition) is 6. The van der Waals surface area contributed by atoms with Crippen molar-refractivity contribution in [3.63, 3.8) is 0 Å². The zero-order valence-corrected chi connectivity index (χ0v) is 44.9. The van der Waals surface area contributed by atoms with Gasteiger partial charge in [-0.2, -0.15) is 0 Å². The first-order chi connectivity index (χ1) is 33.0. The summed E-state index contributed by atoms with van der Waals surface area (Å²) in [5, 5.41) is 0. The van der Waals surface area contributed by atoms with Crippen molar-refractivity contribution < 1.29 is 28.6 Å². The van der Waals surface area contributed by atoms with Crippen molar-refractivity contribution in [2.45, 2.75) is 322 Å². The van der Waals surface area contributed by atoms with Gasteiger partial charge < -0.3 is 14.2 Å². The molecule has 0 heterocycles. The first-order valence-corrected chi connectivity index (χ1v) is 29.5. The minimum atomic E-state index is -0.777. The summed E-state index contributed by atoms with van der Waals surface area (Å²) in [7, 11) is 0. The van der Waals surface area contributed by atoms with Gasteiger partial charge in [0.25, 0.3) is 0 Å². The third-order valence-corrected chi connectivity index (χ3v) is 13.1. The smallest absolute Gasteiger partial charge is 0.306 e. The highest BCUT2D eigenvalue weighted by molar-refractivity contribution is 5.71. The minimum absolute atomic E-state index is 0.0758. The van der Waals surface area contributed by atoms with Crippen LogP contribution in [-0.4, -0.2) is 37.2 Å². The molecule has 0 bridgehead atoms. The van der Waals surface area contributed by atoms with Gasteiger partial charge in [0.05, 0.1) is 0 Å². The Balaban J connectivity index is 4.18. The van der Waals surface area contributed by atoms with Crippen LogP contribution in [-0.2, 0) is 28.6 Å². The van der Waals surface area contributed by atoms with Gasteiger partial charge in [-0.15, -0.1) is 0 Å². The molecule has 6 nitrogen and oxygen atoms in total. The summed E-state index contributed by atoms with van der Waals surface area (Å²) < 4.78 is 16.8. The number of carbonyl (C=O) groups excluding carboxylic acids is 3. The highest BCUT2D eigenvalue weighted by Crippen LogP contribution is 2.16. The van der Waals surface area contributed by atoms with E-state index in [2.05, 4.69) is 57.2 Å². The lowest BCUT2D eigenvalue weighted by atomic mass is 10.0. The normalized spacial score (nSPS) is 12.2. The molecule has 67 heavy (non-hydrogen) atoms. The van der Waals surface area contributed by atoms with Crippen molar-refractivity contribution in [1.82, 2.24) is 0 Å². The van der Waals surface area contributed by atoms with Crippen molar-refractivity contribution in [3.8, 4) is 0 Å². The summed E-state index contributed by atoms with van der Waals surface area (Å²) >= 11 is 0. The lowest BCUT2D eigenvalue weighted by Crippen LogP contribution is -2.30. The van der Waals surface area contributed by atoms with E-state index in [1.54, 1.807) is 0 Å². The van der Waals surface area contributed by atoms with Gasteiger partial charge in [-0.3, -0.25) is 14.4 Å². The summed E-state index contributed by atoms with van der Waals surface area (Å²) in [6.07, 6.45) is 67.3. The predicted molar refractivity (Wildman–Crippen MR) is 289 cm³/mol. The molecule has 0 saturated heterocycles. The molecule has 0 spiro atoms. The van der Waals surface area contributed by atoms with E-state index in [4.69, 9.17) is 14.2 Å². The number of allylic oxidation sites excluding steroid dienone is 6. The summed E-state index contributed by atoms with van der Waals surface area (Å²) in [5.74, 6) is -0.882. The van der Waals surface area contributed by atoms with Crippen LogP contribution in [0, 0.1) is 0 Å². The second-order valence-corrected chi connectivity index (χ2v) is 19.9. The molecule has 0 aromatic carbocycles. The van der Waals surface area contributed by atoms with Crippen molar-refractivity contribution in [1.29, 1.82) is 0 Å². The zero-order valence-electron chi connectivity index (χ0n) is 44.9. The topological polar surface area (TPSA) is 78.9 Å². The summed E-state index contributed by atoms with van der Waals surface area (Å²) in [6.45, 7) is 6.59. The zero-order chi connectivity index (χ0) is 48.6. The van der Waals surface area contributed by atoms with E-state index in [1.165, 1.54) is 199 Å². The van der Waals surface area contributed by atoms with Gasteiger partial charge in [-0.05, 0) is 89.9 Å². The molecule has 0 aliphatic carbocycles. The van der Waals surface area contributed by atoms with E-state index in [9.17, 15) is 14.4 Å². The molecule has 0 amide bonds. The van der Waals surface area contributed by atoms with Gasteiger partial charge in [0.15, 0.2) is 6.10 Å². The largest absolute Gasteiger partial charge is 0.462 e. The molecular weight excluding hydrogens is 829 g/mol. The van der Waals surface area contributed by atoms with Crippen molar-refractivity contribution in [2.24, 2.45) is 0 Å². The molecule has 0 rings (SSSR count). The molecule has 1 unspecified atom stereocenters. The lowest BCUT2D eigenvalue weighted by Gasteiger charge is -2.18. The average Bonchev–Trinajstić information content (AvgIpc) is 3.33. The second kappa shape index (κ2) is 56.2. The van der Waals surface area contributed by atoms with Gasteiger partial charge in [-0.25, -0.2) is 0 Å². The Kier molecular flexibility index (Phi) is 54.2. The number of unbranched alkanes of at least 4 members (excludes halogenated alkanes) is 37. The molecule has 0 aromatic rings. The van der Waals surface area contributed by atoms with E-state index < -0.39 is 6.10 Å². The standard InChI is InChI=1S/C61H112O6/c1-4-7-10-13-16-19-22-24-26-27-28-29-30-31-32-33-34-35-36-38-39-42-45-48-51-54-60(63)66-57-58(56-65-59(62)53-50-47-44-41-21-18-15-12-9-6-3)67-61(64)55-52-49-46-43-40-37-25-23-20-17-14-11-8-5-2/h12,15,23,25,27-28,58H,4-11,13-14,16-22,24,26,29-57H2,1-3H3/b15-12-,25-23-,28-27-. The van der Waals surface area contributed by atoms with Gasteiger partial charge in [0, 0.05) is 19.3 Å². The number of carbonyl (C=O) groups is 3. The molecule has 6 heteroatoms. The number of ether oxygens (including phenoxy) is 3. The van der Waals surface area contributed by atoms with Gasteiger partial charge in [0.1, 0.15) is 13.2 Å². The minimum Gasteiger partial charge on any atom is -0.462 e. The van der Waals surface area contributed by atoms with Gasteiger partial charge in [0.2, 0.25) is 0 Å². The van der Waals surface area contributed by atoms with Crippen molar-refractivity contribution in [2.75, 3.05) is 13.2 Å². The maximum atomic E-state index is 12.8. The summed E-state index contributed by atoms with van der Waals surface area (Å²) in [6, 6.07) is 0. The number of hydrogen-bond donors (Lipinski definition) is 0. The molecule has 0 radical (unpaired) electrons. The molecular formula is C61H112O6. The van der Waals surface area contributed by atoms with Gasteiger partial charge in [-0.1, -0.05) is 243 Å². The van der Waals surface area contributed by atoms with E-state index in [1.807, 2.05) is 0 Å². The van der Waals surface area contributed by atoms with E-state index in [0.29, 0.717) is 19.3 Å². The maximum Gasteiger partial charge on any atom is 0.306 e. The highest BCUT2D eigenvalue weighted by atomic mass is 16.6. The van der Waals surface area contributed by atoms with Crippen LogP contribution < -0.4 is 0 Å². The van der Waals surface area contributed by atoms with E-state index >= 15 is 0 Å². The molecule has 0 fully saturated rings. The fourth-order valence-corrected chi connectivity index (χ4v) is 8.61. The second-order valence-electron chi connectivity index (χ2n) is 19.9. The summed E-state index contributed by atoms with van der Waals surface area (Å²) in [5.41, 5.74) is 0. The van der Waals surface area contributed by atoms with Crippen LogP contribution in [0.25, 0.3) is 0 Å². The highest BCUT2D eigenvalue weighted by Gasteiger charge is 2.19. The molecule has 0 N–H and O–H groups in total. The lowest BCUT2D eigenvalue weighted by molar-refractivity contribution is -0.167. The Bertz CT molecular complexity index is 1130. The quantitative estimate of drug-likeness (QED) is 0.0262. The van der Waals surface area contributed by atoms with Crippen LogP contribution in [0.5, 0.6) is 0 Å². The third kappa shape index (κ3) is 54.4. The van der Waals surface area contributed by atoms with Crippen LogP contribution in [0.3, 0.4) is 0 Å². The molecule has 0 aliphatic rings. The Morgan fingerprint density at radius 1 is 0.284 bits per heavy atom. The van der Waals surface area contributed by atoms with Crippen LogP contribution >= 0.6 is 0 Å². The first-order valence-electron chi connectivity index (χ1n) is 29.5. The van der Waals surface area contributed by atoms with Crippen LogP contribution in [0.1, 0.15) is 316 Å². The Labute approximate surface area is 416 Å². The predicted octanol–water partition coefficient (Wildman–Crippen LogP) is 19.7. The fourth-order valence-electron chi connectivity index (χ4n) is 8.61. The molecule has 0 aromatic heterocycles. The number of rotatable bonds is 54. The average molecular weight is 942 g/mol. The van der Waals surface area contributed by atoms with Crippen molar-refractivity contribution in [3.05, 3.63) is 36.5 Å². The molecule has 392 valence electrons. The Morgan fingerprint density at radius 3 is 0.806 bits per heavy atom. The first kappa shape index (κ1) is 64.6. The fraction of sp³-hybridized carbons (Fsp3) is 0.852. The van der Waals surface area contributed by atoms with Crippen LogP contribution in [0.2, 0.25) is 0 Å². The molecule has 0 saturated carbocycles. The Morgan fingerprint density at radius 2 is 0.522 bits per heavy atom. The monoisotopic (exact) mass is 941 g/mol. The van der Waals surface area contributed by atoms with Crippen molar-refractivity contribution >= 4 is 17.9 Å². The third-order valence-electron chi connectivity index (χ3n) is 13.1. The SMILES string of the molecule is CCC/C=C\CCCCCCCC(=O)OCC(COC(=O)CCCCCCCCCCCCCCC/C=C\CCCCCCCCCC)OC(=O)CCCCCCC/C=C\CCCCCCC. The van der Waals surface area contributed by atoms with E-state index in [0.717, 1.165) is 77.0 Å². The maximum absolute atomic E-state index is 12.8. The van der Waals surface area contributed by atoms with Crippen LogP contribution in [0.15, 0.2) is 36.5 Å². The molecule has 0 aliphatic heterocycles. The number of esters is 3. The van der Waals surface area contributed by atoms with E-state index in [-0.39, 0.29) is 31.1 Å². The van der Waals surface area contributed by atoms with Gasteiger partial charge >= 0.3 is 17.9 Å². The summed E-state index contributed by atoms with van der Waals surface area (Å²) in [4.78, 5) is 38.0. The Hall–Kier alpha value is -2.37. The molecule has 1 atom stereocenters. The van der Waals surface area contributed by atoms with Crippen LogP contribution in [0.4, 0.5) is 0 Å².